The first-order valence-electron chi connectivity index (χ1n) is 11.2. The number of halogens is 1. The molecule has 9 heteroatoms. The molecule has 2 heterocycles. The number of nitrogens with one attached hydrogen (secondary N) is 2. The Morgan fingerprint density at radius 1 is 1.09 bits per heavy atom. The number of amides is 2. The summed E-state index contributed by atoms with van der Waals surface area (Å²) in [5, 5.41) is 7.70. The van der Waals surface area contributed by atoms with Crippen LogP contribution in [0.1, 0.15) is 43.4 Å². The van der Waals surface area contributed by atoms with Crippen molar-refractivity contribution >= 4 is 61.6 Å². The first kappa shape index (κ1) is 24.4. The number of thioether (sulfide) groups is 1. The maximum atomic E-state index is 11.5. The first-order chi connectivity index (χ1) is 16.5. The van der Waals surface area contributed by atoms with Gasteiger partial charge in [0, 0.05) is 23.3 Å². The lowest BCUT2D eigenvalue weighted by atomic mass is 9.96. The number of imide groups is 1. The summed E-state index contributed by atoms with van der Waals surface area (Å²) >= 11 is 4.33. The third-order valence-corrected chi connectivity index (χ3v) is 6.94. The van der Waals surface area contributed by atoms with Gasteiger partial charge in [0.15, 0.2) is 0 Å². The van der Waals surface area contributed by atoms with Crippen LogP contribution in [0, 0.1) is 0 Å². The van der Waals surface area contributed by atoms with Gasteiger partial charge in [-0.1, -0.05) is 53.4 Å². The van der Waals surface area contributed by atoms with Crippen LogP contribution < -0.4 is 16.4 Å². The maximum Gasteiger partial charge on any atom is 0.290 e. The second-order valence-electron chi connectivity index (χ2n) is 8.17. The molecule has 3 aromatic rings. The van der Waals surface area contributed by atoms with Gasteiger partial charge in [-0.25, -0.2) is 9.97 Å². The van der Waals surface area contributed by atoms with Crippen molar-refractivity contribution in [2.24, 2.45) is 5.73 Å². The highest BCUT2D eigenvalue weighted by Gasteiger charge is 2.25. The molecule has 176 valence electrons. The molecule has 0 bridgehead atoms. The molecule has 1 saturated carbocycles. The van der Waals surface area contributed by atoms with Gasteiger partial charge in [0.05, 0.1) is 10.6 Å². The first-order valence-corrected chi connectivity index (χ1v) is 12.8. The summed E-state index contributed by atoms with van der Waals surface area (Å²) in [4.78, 5) is 31.6. The van der Waals surface area contributed by atoms with Crippen molar-refractivity contribution in [3.8, 4) is 0 Å². The topological polar surface area (TPSA) is 110 Å². The Kier molecular flexibility index (Phi) is 8.31. The van der Waals surface area contributed by atoms with Crippen molar-refractivity contribution in [2.45, 2.75) is 44.7 Å². The van der Waals surface area contributed by atoms with Crippen molar-refractivity contribution in [1.82, 2.24) is 15.3 Å². The lowest BCUT2D eigenvalue weighted by Crippen LogP contribution is -2.23. The fourth-order valence-electron chi connectivity index (χ4n) is 3.90. The van der Waals surface area contributed by atoms with E-state index in [0.29, 0.717) is 29.1 Å². The Morgan fingerprint density at radius 3 is 2.59 bits per heavy atom. The van der Waals surface area contributed by atoms with E-state index in [9.17, 15) is 9.59 Å². The van der Waals surface area contributed by atoms with Gasteiger partial charge in [-0.2, -0.15) is 0 Å². The van der Waals surface area contributed by atoms with E-state index in [0.717, 1.165) is 29.1 Å². The van der Waals surface area contributed by atoms with Crippen LogP contribution in [0.3, 0.4) is 0 Å². The van der Waals surface area contributed by atoms with Crippen molar-refractivity contribution in [1.29, 1.82) is 0 Å². The Labute approximate surface area is 211 Å². The van der Waals surface area contributed by atoms with Crippen molar-refractivity contribution in [2.75, 3.05) is 5.32 Å². The van der Waals surface area contributed by atoms with Gasteiger partial charge >= 0.3 is 0 Å². The van der Waals surface area contributed by atoms with Crippen LogP contribution in [-0.4, -0.2) is 27.2 Å². The molecule has 0 unspecified atom stereocenters. The standard InChI is InChI=1S/C14H16N4O2S.C11H10BrN/c19-12-11(21-14(20)18-12)8-10-6-7-15-13(17-10)16-9-4-2-1-3-5-9;12-11-4-3-9-5-8(7-13)1-2-10(9)6-11/h6-9H,1-5H2,(H,15,16,17)(H,18,19,20);1-6H,7,13H2/b11-8-;. The molecule has 2 fully saturated rings. The summed E-state index contributed by atoms with van der Waals surface area (Å²) in [5.74, 6) is 0.205. The third kappa shape index (κ3) is 6.65. The highest BCUT2D eigenvalue weighted by Crippen LogP contribution is 2.25. The minimum Gasteiger partial charge on any atom is -0.351 e. The van der Waals surface area contributed by atoms with Crippen molar-refractivity contribution in [3.63, 3.8) is 0 Å². The number of aromatic nitrogens is 2. The maximum absolute atomic E-state index is 11.5. The second kappa shape index (κ2) is 11.6. The molecule has 7 nitrogen and oxygen atoms in total. The van der Waals surface area contributed by atoms with Crippen molar-refractivity contribution in [3.05, 3.63) is 69.3 Å². The highest BCUT2D eigenvalue weighted by atomic mass is 79.9. The smallest absolute Gasteiger partial charge is 0.290 e. The molecule has 0 radical (unpaired) electrons. The zero-order valence-electron chi connectivity index (χ0n) is 18.6. The van der Waals surface area contributed by atoms with E-state index >= 15 is 0 Å². The van der Waals surface area contributed by atoms with E-state index in [2.05, 4.69) is 66.9 Å². The number of carbonyl (C=O) groups excluding carboxylic acids is 2. The fourth-order valence-corrected chi connectivity index (χ4v) is 4.95. The minimum absolute atomic E-state index is 0.346. The van der Waals surface area contributed by atoms with E-state index in [1.165, 1.54) is 35.6 Å². The predicted octanol–water partition coefficient (Wildman–Crippen LogP) is 5.61. The molecule has 1 aliphatic heterocycles. The molecule has 4 N–H and O–H groups in total. The van der Waals surface area contributed by atoms with Crippen molar-refractivity contribution < 1.29 is 9.59 Å². The summed E-state index contributed by atoms with van der Waals surface area (Å²) < 4.78 is 1.11. The molecule has 2 amide bonds. The van der Waals surface area contributed by atoms with Gasteiger partial charge in [-0.3, -0.25) is 14.9 Å². The largest absolute Gasteiger partial charge is 0.351 e. The second-order valence-corrected chi connectivity index (χ2v) is 10.1. The van der Waals surface area contributed by atoms with Crippen LogP contribution in [0.15, 0.2) is 58.0 Å². The summed E-state index contributed by atoms with van der Waals surface area (Å²) in [5.41, 5.74) is 7.36. The lowest BCUT2D eigenvalue weighted by Gasteiger charge is -2.22. The number of hydrogen-bond donors (Lipinski definition) is 3. The van der Waals surface area contributed by atoms with Crippen LogP contribution >= 0.6 is 27.7 Å². The van der Waals surface area contributed by atoms with Crippen LogP contribution in [0.4, 0.5) is 10.7 Å². The van der Waals surface area contributed by atoms with Crippen LogP contribution in [0.25, 0.3) is 16.8 Å². The number of hydrogen-bond acceptors (Lipinski definition) is 7. The van der Waals surface area contributed by atoms with Gasteiger partial charge in [0.2, 0.25) is 5.95 Å². The summed E-state index contributed by atoms with van der Waals surface area (Å²) in [7, 11) is 0. The molecule has 2 aromatic carbocycles. The molecule has 2 aliphatic rings. The zero-order chi connectivity index (χ0) is 23.9. The van der Waals surface area contributed by atoms with Gasteiger partial charge in [0.1, 0.15) is 0 Å². The number of fused-ring (bicyclic) bond motifs is 1. The minimum atomic E-state index is -0.370. The predicted molar refractivity (Wildman–Crippen MR) is 141 cm³/mol. The summed E-state index contributed by atoms with van der Waals surface area (Å²) in [6.07, 6.45) is 9.32. The summed E-state index contributed by atoms with van der Waals surface area (Å²) in [6, 6.07) is 14.7. The van der Waals surface area contributed by atoms with Gasteiger partial charge in [-0.15, -0.1) is 0 Å². The summed E-state index contributed by atoms with van der Waals surface area (Å²) in [6.45, 7) is 0.603. The van der Waals surface area contributed by atoms with Crippen LogP contribution in [0.5, 0.6) is 0 Å². The number of benzene rings is 2. The van der Waals surface area contributed by atoms with Gasteiger partial charge < -0.3 is 11.1 Å². The molecule has 1 saturated heterocycles. The Morgan fingerprint density at radius 2 is 1.85 bits per heavy atom. The third-order valence-electron chi connectivity index (χ3n) is 5.64. The zero-order valence-corrected chi connectivity index (χ0v) is 21.0. The fraction of sp³-hybridized carbons (Fsp3) is 0.280. The Bertz CT molecular complexity index is 1230. The molecule has 1 aromatic heterocycles. The normalized spacial score (nSPS) is 17.4. The Hall–Kier alpha value is -2.75. The SMILES string of the molecule is NCc1ccc2cc(Br)ccc2c1.O=C1NC(=O)/C(=C/c2ccnc(NC3CCCCC3)n2)S1. The molecule has 0 atom stereocenters. The molecule has 5 rings (SSSR count). The number of nitrogens with zero attached hydrogens (tertiary/aromatic N) is 2. The number of nitrogens with two attached hydrogens (primary N) is 1. The lowest BCUT2D eigenvalue weighted by molar-refractivity contribution is -0.115. The molecule has 34 heavy (non-hydrogen) atoms. The van der Waals surface area contributed by atoms with E-state index in [-0.39, 0.29) is 11.1 Å². The molecular formula is C25H26BrN5O2S. The average molecular weight is 540 g/mol. The van der Waals surface area contributed by atoms with Crippen LogP contribution in [0.2, 0.25) is 0 Å². The van der Waals surface area contributed by atoms with Gasteiger partial charge in [-0.05, 0) is 71.3 Å². The molecular weight excluding hydrogens is 514 g/mol. The molecule has 1 aliphatic carbocycles. The van der Waals surface area contributed by atoms with E-state index in [1.807, 2.05) is 6.07 Å². The van der Waals surface area contributed by atoms with Crippen LogP contribution in [-0.2, 0) is 11.3 Å². The van der Waals surface area contributed by atoms with E-state index < -0.39 is 0 Å². The molecule has 0 spiro atoms. The monoisotopic (exact) mass is 539 g/mol. The quantitative estimate of drug-likeness (QED) is 0.369. The highest BCUT2D eigenvalue weighted by molar-refractivity contribution is 9.10. The number of anilines is 1. The van der Waals surface area contributed by atoms with E-state index in [4.69, 9.17) is 5.73 Å². The number of carbonyl (C=O) groups is 2. The Balaban J connectivity index is 0.000000180. The average Bonchev–Trinajstić information content (AvgIpc) is 3.16. The van der Waals surface area contributed by atoms with Gasteiger partial charge in [0.25, 0.3) is 11.1 Å². The van der Waals surface area contributed by atoms with E-state index in [1.54, 1.807) is 18.3 Å². The number of rotatable bonds is 4.